The van der Waals surface area contributed by atoms with E-state index in [1.165, 1.54) is 11.1 Å². The van der Waals surface area contributed by atoms with Crippen molar-refractivity contribution >= 4 is 0 Å². The predicted octanol–water partition coefficient (Wildman–Crippen LogP) is 2.55. The highest BCUT2D eigenvalue weighted by molar-refractivity contribution is 5.30. The summed E-state index contributed by atoms with van der Waals surface area (Å²) >= 11 is 0. The first kappa shape index (κ1) is 15.0. The second-order valence-corrected chi connectivity index (χ2v) is 5.77. The highest BCUT2D eigenvalue weighted by Gasteiger charge is 2.23. The first-order chi connectivity index (χ1) is 10.8. The molecule has 3 rings (SSSR count). The Labute approximate surface area is 132 Å². The Morgan fingerprint density at radius 3 is 2.73 bits per heavy atom. The molecule has 22 heavy (non-hydrogen) atoms. The van der Waals surface area contributed by atoms with E-state index in [1.807, 2.05) is 25.3 Å². The van der Waals surface area contributed by atoms with Crippen LogP contribution >= 0.6 is 0 Å². The van der Waals surface area contributed by atoms with Crippen molar-refractivity contribution in [3.63, 3.8) is 0 Å². The van der Waals surface area contributed by atoms with Crippen molar-refractivity contribution in [2.24, 2.45) is 0 Å². The molecule has 4 nitrogen and oxygen atoms in total. The minimum Gasteiger partial charge on any atom is -0.497 e. The smallest absolute Gasteiger partial charge is 0.118 e. The first-order valence-corrected chi connectivity index (χ1v) is 7.76. The standard InChI is InChI=1S/C18H23N3O/c1-14-3-4-15(11-20-14)13-21-10-9-19-12-18(21)16-5-7-17(22-2)8-6-16/h3-8,11,18-19H,9-10,12-13H2,1-2H3. The number of rotatable bonds is 4. The van der Waals surface area contributed by atoms with E-state index in [9.17, 15) is 0 Å². The van der Waals surface area contributed by atoms with Gasteiger partial charge >= 0.3 is 0 Å². The van der Waals surface area contributed by atoms with Crippen molar-refractivity contribution in [1.29, 1.82) is 0 Å². The maximum absolute atomic E-state index is 5.25. The van der Waals surface area contributed by atoms with Crippen LogP contribution in [0.3, 0.4) is 0 Å². The molecule has 0 bridgehead atoms. The van der Waals surface area contributed by atoms with E-state index in [0.29, 0.717) is 6.04 Å². The molecule has 116 valence electrons. The molecule has 4 heteroatoms. The third-order valence-corrected chi connectivity index (χ3v) is 4.21. The summed E-state index contributed by atoms with van der Waals surface area (Å²) in [7, 11) is 1.70. The number of nitrogens with zero attached hydrogens (tertiary/aromatic N) is 2. The molecular formula is C18H23N3O. The van der Waals surface area contributed by atoms with Crippen LogP contribution in [-0.2, 0) is 6.54 Å². The van der Waals surface area contributed by atoms with Crippen molar-refractivity contribution < 1.29 is 4.74 Å². The Balaban J connectivity index is 1.76. The van der Waals surface area contributed by atoms with Crippen LogP contribution in [0.25, 0.3) is 0 Å². The number of aryl methyl sites for hydroxylation is 1. The van der Waals surface area contributed by atoms with Crippen LogP contribution in [0.4, 0.5) is 0 Å². The minimum absolute atomic E-state index is 0.390. The molecule has 0 amide bonds. The Bertz CT molecular complexity index is 595. The Morgan fingerprint density at radius 2 is 2.05 bits per heavy atom. The fourth-order valence-corrected chi connectivity index (χ4v) is 2.92. The van der Waals surface area contributed by atoms with Crippen LogP contribution < -0.4 is 10.1 Å². The maximum Gasteiger partial charge on any atom is 0.118 e. The molecule has 0 saturated carbocycles. The van der Waals surface area contributed by atoms with Gasteiger partial charge in [0.2, 0.25) is 0 Å². The number of hydrogen-bond donors (Lipinski definition) is 1. The zero-order chi connectivity index (χ0) is 15.4. The minimum atomic E-state index is 0.390. The average molecular weight is 297 g/mol. The molecule has 0 aliphatic carbocycles. The van der Waals surface area contributed by atoms with E-state index in [1.54, 1.807) is 7.11 Å². The Kier molecular flexibility index (Phi) is 4.71. The maximum atomic E-state index is 5.25. The van der Waals surface area contributed by atoms with Crippen molar-refractivity contribution in [2.45, 2.75) is 19.5 Å². The molecule has 0 spiro atoms. The van der Waals surface area contributed by atoms with E-state index in [2.05, 4.69) is 39.5 Å². The molecule has 1 aliphatic rings. The van der Waals surface area contributed by atoms with Crippen LogP contribution in [0.1, 0.15) is 22.9 Å². The van der Waals surface area contributed by atoms with Crippen LogP contribution in [0.5, 0.6) is 5.75 Å². The highest BCUT2D eigenvalue weighted by Crippen LogP contribution is 2.25. The molecular weight excluding hydrogens is 274 g/mol. The van der Waals surface area contributed by atoms with Crippen LogP contribution in [0.2, 0.25) is 0 Å². The summed E-state index contributed by atoms with van der Waals surface area (Å²) in [6, 6.07) is 13.1. The summed E-state index contributed by atoms with van der Waals surface area (Å²) in [5.41, 5.74) is 3.66. The summed E-state index contributed by atoms with van der Waals surface area (Å²) < 4.78 is 5.25. The number of nitrogens with one attached hydrogen (secondary N) is 1. The van der Waals surface area contributed by atoms with Crippen molar-refractivity contribution in [3.05, 3.63) is 59.4 Å². The summed E-state index contributed by atoms with van der Waals surface area (Å²) in [5, 5.41) is 3.50. The van der Waals surface area contributed by atoms with Gasteiger partial charge in [0.05, 0.1) is 7.11 Å². The molecule has 1 N–H and O–H groups in total. The normalized spacial score (nSPS) is 19.1. The van der Waals surface area contributed by atoms with Gasteiger partial charge < -0.3 is 10.1 Å². The summed E-state index contributed by atoms with van der Waals surface area (Å²) in [4.78, 5) is 6.92. The van der Waals surface area contributed by atoms with Gasteiger partial charge in [-0.25, -0.2) is 0 Å². The second kappa shape index (κ2) is 6.90. The molecule has 1 aromatic heterocycles. The fraction of sp³-hybridized carbons (Fsp3) is 0.389. The predicted molar refractivity (Wildman–Crippen MR) is 88.0 cm³/mol. The van der Waals surface area contributed by atoms with Gasteiger partial charge in [0.1, 0.15) is 5.75 Å². The zero-order valence-corrected chi connectivity index (χ0v) is 13.2. The van der Waals surface area contributed by atoms with Crippen LogP contribution in [0, 0.1) is 6.92 Å². The van der Waals surface area contributed by atoms with Crippen molar-refractivity contribution in [2.75, 3.05) is 26.7 Å². The van der Waals surface area contributed by atoms with Gasteiger partial charge in [0.25, 0.3) is 0 Å². The second-order valence-electron chi connectivity index (χ2n) is 5.77. The third kappa shape index (κ3) is 3.46. The molecule has 1 saturated heterocycles. The summed E-state index contributed by atoms with van der Waals surface area (Å²) in [6.07, 6.45) is 1.99. The zero-order valence-electron chi connectivity index (χ0n) is 13.2. The van der Waals surface area contributed by atoms with Gasteiger partial charge in [0.15, 0.2) is 0 Å². The fourth-order valence-electron chi connectivity index (χ4n) is 2.92. The topological polar surface area (TPSA) is 37.4 Å². The average Bonchev–Trinajstić information content (AvgIpc) is 2.58. The van der Waals surface area contributed by atoms with Gasteiger partial charge in [-0.15, -0.1) is 0 Å². The molecule has 1 fully saturated rings. The Hall–Kier alpha value is -1.91. The van der Waals surface area contributed by atoms with Gasteiger partial charge in [-0.3, -0.25) is 9.88 Å². The Morgan fingerprint density at radius 1 is 1.23 bits per heavy atom. The van der Waals surface area contributed by atoms with Crippen LogP contribution in [-0.4, -0.2) is 36.6 Å². The molecule has 1 unspecified atom stereocenters. The van der Waals surface area contributed by atoms with Gasteiger partial charge in [-0.2, -0.15) is 0 Å². The van der Waals surface area contributed by atoms with Gasteiger partial charge in [-0.1, -0.05) is 18.2 Å². The number of aromatic nitrogens is 1. The van der Waals surface area contributed by atoms with Crippen molar-refractivity contribution in [1.82, 2.24) is 15.2 Å². The molecule has 0 radical (unpaired) electrons. The third-order valence-electron chi connectivity index (χ3n) is 4.21. The largest absolute Gasteiger partial charge is 0.497 e. The lowest BCUT2D eigenvalue weighted by molar-refractivity contribution is 0.153. The number of ether oxygens (including phenoxy) is 1. The van der Waals surface area contributed by atoms with E-state index >= 15 is 0 Å². The monoisotopic (exact) mass is 297 g/mol. The first-order valence-electron chi connectivity index (χ1n) is 7.76. The number of pyridine rings is 1. The van der Waals surface area contributed by atoms with Crippen LogP contribution in [0.15, 0.2) is 42.6 Å². The molecule has 1 atom stereocenters. The molecule has 2 aromatic rings. The van der Waals surface area contributed by atoms with Crippen molar-refractivity contribution in [3.8, 4) is 5.75 Å². The SMILES string of the molecule is COc1ccc(C2CNCCN2Cc2ccc(C)nc2)cc1. The number of piperazine rings is 1. The van der Waals surface area contributed by atoms with E-state index < -0.39 is 0 Å². The van der Waals surface area contributed by atoms with Gasteiger partial charge in [-0.05, 0) is 36.2 Å². The number of hydrogen-bond acceptors (Lipinski definition) is 4. The summed E-state index contributed by atoms with van der Waals surface area (Å²) in [6.45, 7) is 6.02. The number of benzene rings is 1. The van der Waals surface area contributed by atoms with E-state index in [0.717, 1.165) is 37.6 Å². The number of methoxy groups -OCH3 is 1. The molecule has 2 heterocycles. The lowest BCUT2D eigenvalue weighted by atomic mass is 10.0. The van der Waals surface area contributed by atoms with E-state index in [-0.39, 0.29) is 0 Å². The molecule has 1 aromatic carbocycles. The molecule has 1 aliphatic heterocycles. The lowest BCUT2D eigenvalue weighted by Gasteiger charge is -2.36. The van der Waals surface area contributed by atoms with E-state index in [4.69, 9.17) is 4.74 Å². The lowest BCUT2D eigenvalue weighted by Crippen LogP contribution is -2.45. The highest BCUT2D eigenvalue weighted by atomic mass is 16.5. The summed E-state index contributed by atoms with van der Waals surface area (Å²) in [5.74, 6) is 0.904. The van der Waals surface area contributed by atoms with Gasteiger partial charge in [0, 0.05) is 44.1 Å². The quantitative estimate of drug-likeness (QED) is 0.941.